The number of nitro benzene ring substituents is 1. The van der Waals surface area contributed by atoms with Crippen molar-refractivity contribution in [2.45, 2.75) is 6.92 Å². The van der Waals surface area contributed by atoms with Crippen molar-refractivity contribution in [3.63, 3.8) is 0 Å². The summed E-state index contributed by atoms with van der Waals surface area (Å²) < 4.78 is 28.1. The molecule has 0 spiro atoms. The Hall–Kier alpha value is -2.37. The number of benzene rings is 1. The number of hydrogen-bond donors (Lipinski definition) is 0. The monoisotopic (exact) mass is 370 g/mol. The van der Waals surface area contributed by atoms with E-state index >= 15 is 0 Å². The SMILES string of the molecule is CCOC(=O)CN(c1nc(-c2cccc([N+](=O)[O-])c2)cs1)S(=O)[O-]. The summed E-state index contributed by atoms with van der Waals surface area (Å²) >= 11 is -1.71. The predicted molar refractivity (Wildman–Crippen MR) is 87.1 cm³/mol. The average Bonchev–Trinajstić information content (AvgIpc) is 3.02. The van der Waals surface area contributed by atoms with Gasteiger partial charge in [-0.3, -0.25) is 23.4 Å². The van der Waals surface area contributed by atoms with Crippen LogP contribution >= 0.6 is 11.3 Å². The summed E-state index contributed by atoms with van der Waals surface area (Å²) in [6.07, 6.45) is 0. The first-order valence-electron chi connectivity index (χ1n) is 6.65. The van der Waals surface area contributed by atoms with Crippen molar-refractivity contribution in [3.05, 3.63) is 39.8 Å². The molecule has 1 heterocycles. The number of nitrogens with zero attached hydrogens (tertiary/aromatic N) is 3. The van der Waals surface area contributed by atoms with Gasteiger partial charge in [0, 0.05) is 34.3 Å². The Kier molecular flexibility index (Phi) is 5.95. The van der Waals surface area contributed by atoms with Gasteiger partial charge < -0.3 is 9.29 Å². The molecular weight excluding hydrogens is 358 g/mol. The number of nitro groups is 1. The fourth-order valence-corrected chi connectivity index (χ4v) is 3.23. The quantitative estimate of drug-likeness (QED) is 0.315. The maximum Gasteiger partial charge on any atom is 0.326 e. The Morgan fingerprint density at radius 1 is 1.50 bits per heavy atom. The summed E-state index contributed by atoms with van der Waals surface area (Å²) in [6.45, 7) is 1.25. The first kappa shape index (κ1) is 18.0. The van der Waals surface area contributed by atoms with Gasteiger partial charge >= 0.3 is 5.97 Å². The number of rotatable bonds is 7. The molecule has 0 saturated heterocycles. The summed E-state index contributed by atoms with van der Waals surface area (Å²) in [7, 11) is 0. The summed E-state index contributed by atoms with van der Waals surface area (Å²) in [5.74, 6) is -0.700. The second kappa shape index (κ2) is 7.95. The first-order chi connectivity index (χ1) is 11.4. The van der Waals surface area contributed by atoms with Crippen LogP contribution in [-0.2, 0) is 20.8 Å². The molecule has 0 fully saturated rings. The second-order valence-corrected chi connectivity index (χ2v) is 6.09. The average molecular weight is 370 g/mol. The van der Waals surface area contributed by atoms with E-state index in [2.05, 4.69) is 4.98 Å². The van der Waals surface area contributed by atoms with E-state index in [1.807, 2.05) is 0 Å². The highest BCUT2D eigenvalue weighted by Gasteiger charge is 2.18. The Morgan fingerprint density at radius 2 is 2.25 bits per heavy atom. The lowest BCUT2D eigenvalue weighted by Crippen LogP contribution is -2.32. The molecule has 0 N–H and O–H groups in total. The number of esters is 1. The molecule has 24 heavy (non-hydrogen) atoms. The topological polar surface area (TPSA) is 126 Å². The van der Waals surface area contributed by atoms with Gasteiger partial charge in [0.05, 0.1) is 17.2 Å². The molecule has 0 aliphatic carbocycles. The van der Waals surface area contributed by atoms with Crippen LogP contribution in [0.25, 0.3) is 11.3 Å². The summed E-state index contributed by atoms with van der Waals surface area (Å²) in [5.41, 5.74) is 0.746. The largest absolute Gasteiger partial charge is 0.755 e. The Labute approximate surface area is 143 Å². The van der Waals surface area contributed by atoms with Crippen LogP contribution in [0, 0.1) is 10.1 Å². The van der Waals surface area contributed by atoms with Crippen LogP contribution in [0.5, 0.6) is 0 Å². The minimum atomic E-state index is -2.71. The van der Waals surface area contributed by atoms with Crippen LogP contribution in [0.1, 0.15) is 6.92 Å². The zero-order chi connectivity index (χ0) is 17.7. The van der Waals surface area contributed by atoms with Gasteiger partial charge in [-0.25, -0.2) is 4.98 Å². The van der Waals surface area contributed by atoms with Crippen LogP contribution in [0.15, 0.2) is 29.6 Å². The molecule has 2 aromatic rings. The van der Waals surface area contributed by atoms with Crippen LogP contribution in [0.2, 0.25) is 0 Å². The van der Waals surface area contributed by atoms with Crippen LogP contribution in [0.3, 0.4) is 0 Å². The number of thiazole rings is 1. The van der Waals surface area contributed by atoms with Crippen LogP contribution < -0.4 is 4.31 Å². The van der Waals surface area contributed by atoms with E-state index in [1.165, 1.54) is 18.2 Å². The minimum Gasteiger partial charge on any atom is -0.755 e. The smallest absolute Gasteiger partial charge is 0.326 e. The van der Waals surface area contributed by atoms with Gasteiger partial charge in [-0.05, 0) is 6.92 Å². The fraction of sp³-hybridized carbons (Fsp3) is 0.231. The molecule has 0 aliphatic rings. The molecule has 1 aromatic carbocycles. The lowest BCUT2D eigenvalue weighted by molar-refractivity contribution is -0.384. The fourth-order valence-electron chi connectivity index (χ4n) is 1.80. The van der Waals surface area contributed by atoms with Gasteiger partial charge in [0.15, 0.2) is 5.13 Å². The third kappa shape index (κ3) is 4.34. The molecule has 1 aromatic heterocycles. The number of aromatic nitrogens is 1. The van der Waals surface area contributed by atoms with Crippen LogP contribution in [0.4, 0.5) is 10.8 Å². The zero-order valence-electron chi connectivity index (χ0n) is 12.4. The van der Waals surface area contributed by atoms with Crippen molar-refractivity contribution in [2.24, 2.45) is 0 Å². The van der Waals surface area contributed by atoms with Gasteiger partial charge in [0.2, 0.25) is 0 Å². The van der Waals surface area contributed by atoms with E-state index < -0.39 is 28.7 Å². The van der Waals surface area contributed by atoms with Crippen molar-refractivity contribution in [1.82, 2.24) is 4.98 Å². The number of carbonyl (C=O) groups excluding carboxylic acids is 1. The van der Waals surface area contributed by atoms with E-state index in [1.54, 1.807) is 18.4 Å². The molecule has 2 rings (SSSR count). The highest BCUT2D eigenvalue weighted by atomic mass is 32.2. The van der Waals surface area contributed by atoms with E-state index in [9.17, 15) is 23.7 Å². The van der Waals surface area contributed by atoms with Crippen molar-refractivity contribution in [2.75, 3.05) is 17.5 Å². The first-order valence-corrected chi connectivity index (χ1v) is 8.56. The second-order valence-electron chi connectivity index (χ2n) is 4.38. The highest BCUT2D eigenvalue weighted by Crippen LogP contribution is 2.29. The third-order valence-corrected chi connectivity index (χ3v) is 4.46. The molecular formula is C13H12N3O6S2-. The molecule has 1 unspecified atom stereocenters. The minimum absolute atomic E-state index is 0.0675. The summed E-state index contributed by atoms with van der Waals surface area (Å²) in [4.78, 5) is 25.9. The lowest BCUT2D eigenvalue weighted by Gasteiger charge is -2.22. The molecule has 0 saturated carbocycles. The molecule has 0 aliphatic heterocycles. The number of hydrogen-bond acceptors (Lipinski definition) is 8. The number of ether oxygens (including phenoxy) is 1. The van der Waals surface area contributed by atoms with Gasteiger partial charge in [-0.15, -0.1) is 11.3 Å². The van der Waals surface area contributed by atoms with Crippen molar-refractivity contribution >= 4 is 39.4 Å². The van der Waals surface area contributed by atoms with Gasteiger partial charge in [0.25, 0.3) is 5.69 Å². The molecule has 9 nitrogen and oxygen atoms in total. The van der Waals surface area contributed by atoms with Crippen molar-refractivity contribution in [1.29, 1.82) is 0 Å². The number of non-ortho nitro benzene ring substituents is 1. The molecule has 0 radical (unpaired) electrons. The standard InChI is InChI=1S/C13H13N3O6S2/c1-2-22-12(17)7-15(24(20)21)13-14-11(8-23-13)9-4-3-5-10(6-9)16(18)19/h3-6,8H,2,7H2,1H3,(H,20,21)/p-1. The maximum absolute atomic E-state index is 11.5. The Bertz CT molecular complexity index is 779. The Morgan fingerprint density at radius 3 is 2.88 bits per heavy atom. The van der Waals surface area contributed by atoms with E-state index in [-0.39, 0.29) is 17.4 Å². The number of anilines is 1. The normalized spacial score (nSPS) is 11.8. The van der Waals surface area contributed by atoms with E-state index in [0.717, 1.165) is 15.6 Å². The van der Waals surface area contributed by atoms with E-state index in [0.29, 0.717) is 11.3 Å². The molecule has 11 heteroatoms. The molecule has 0 amide bonds. The molecule has 128 valence electrons. The van der Waals surface area contributed by atoms with Crippen molar-refractivity contribution in [3.8, 4) is 11.3 Å². The van der Waals surface area contributed by atoms with Crippen LogP contribution in [-0.4, -0.2) is 37.8 Å². The zero-order valence-corrected chi connectivity index (χ0v) is 14.0. The molecule has 1 atom stereocenters. The van der Waals surface area contributed by atoms with E-state index in [4.69, 9.17) is 4.74 Å². The number of carbonyl (C=O) groups is 1. The highest BCUT2D eigenvalue weighted by molar-refractivity contribution is 7.81. The van der Waals surface area contributed by atoms with Gasteiger partial charge in [-0.1, -0.05) is 12.1 Å². The summed E-state index contributed by atoms with van der Waals surface area (Å²) in [6, 6.07) is 5.81. The van der Waals surface area contributed by atoms with Crippen molar-refractivity contribution < 1.29 is 23.2 Å². The molecule has 0 bridgehead atoms. The summed E-state index contributed by atoms with van der Waals surface area (Å²) in [5, 5.41) is 12.4. The lowest BCUT2D eigenvalue weighted by atomic mass is 10.1. The maximum atomic E-state index is 11.5. The van der Waals surface area contributed by atoms with Gasteiger partial charge in [0.1, 0.15) is 6.54 Å². The van der Waals surface area contributed by atoms with Gasteiger partial charge in [-0.2, -0.15) is 0 Å². The predicted octanol–water partition coefficient (Wildman–Crippen LogP) is 1.88. The Balaban J connectivity index is 2.27. The third-order valence-electron chi connectivity index (χ3n) is 2.82.